The van der Waals surface area contributed by atoms with Crippen molar-refractivity contribution in [2.75, 3.05) is 26.4 Å². The Morgan fingerprint density at radius 1 is 0.500 bits per heavy atom. The first-order valence-corrected chi connectivity index (χ1v) is 23.4. The molecule has 76 heavy (non-hydrogen) atoms. The van der Waals surface area contributed by atoms with E-state index < -0.39 is 189 Å². The number of benzene rings is 3. The molecular weight excluding hydrogens is 1020 g/mol. The van der Waals surface area contributed by atoms with Crippen LogP contribution in [-0.4, -0.2) is 237 Å². The number of fused-ring (bicyclic) bond motifs is 1. The van der Waals surface area contributed by atoms with Crippen molar-refractivity contribution in [3.8, 4) is 40.1 Å². The molecule has 28 heteroatoms. The van der Waals surface area contributed by atoms with Crippen molar-refractivity contribution in [3.05, 3.63) is 82.5 Å². The van der Waals surface area contributed by atoms with Crippen LogP contribution in [0.3, 0.4) is 0 Å². The molecule has 0 spiro atoms. The zero-order valence-corrected chi connectivity index (χ0v) is 39.4. The molecule has 3 aromatic carbocycles. The number of hydrogen-bond acceptors (Lipinski definition) is 28. The van der Waals surface area contributed by atoms with Crippen LogP contribution in [0, 0.1) is 0 Å². The minimum absolute atomic E-state index is 0.0194. The maximum Gasteiger partial charge on any atom is 0.330 e. The lowest BCUT2D eigenvalue weighted by Gasteiger charge is -2.39. The normalized spacial score (nSPS) is 35.9. The first-order valence-electron chi connectivity index (χ1n) is 23.4. The molecule has 5 heterocycles. The molecule has 4 aliphatic heterocycles. The summed E-state index contributed by atoms with van der Waals surface area (Å²) in [6.45, 7) is -2.97. The number of ether oxygens (including phenoxy) is 9. The number of carbonyl (C=O) groups is 1. The number of aliphatic hydroxyl groups excluding tert-OH is 15. The highest BCUT2D eigenvalue weighted by atomic mass is 16.7. The Labute approximate surface area is 427 Å². The Balaban J connectivity index is 1.02. The Kier molecular flexibility index (Phi) is 17.8. The summed E-state index contributed by atoms with van der Waals surface area (Å²) in [6.07, 6.45) is -31.8. The van der Waals surface area contributed by atoms with E-state index in [1.807, 2.05) is 0 Å². The number of rotatable bonds is 16. The van der Waals surface area contributed by atoms with E-state index in [0.29, 0.717) is 5.56 Å². The van der Waals surface area contributed by atoms with Gasteiger partial charge in [0.2, 0.25) is 36.3 Å². The number of aromatic hydroxyl groups is 1. The van der Waals surface area contributed by atoms with Crippen molar-refractivity contribution >= 4 is 23.0 Å². The number of esters is 1. The standard InChI is InChI=1S/C48H56O28/c49-13-24-30(54)35(59)39(63)45(72-24)68-19-6-1-17(2-7-19)3-10-28(53)67-16-27-33(57)38(62)42(66)48(75-27)76-44-34(58)29-22(52)11-21(70-47-41(65)37(61)32(56)26(15-51)74-47)12-23(29)71-43(44)18-4-8-20(9-5-18)69-46-40(64)36(60)31(55)25(14-50)73-46/h1-12,24-27,30-33,35-42,45-52,54-57,59-66H,13-16H2/t24?,25?,26?,27?,30-,31-,32-,33-,35?,36?,37?,38?,39?,40?,41+,42?,45-,46-,47-,48+/m1/s1. The Morgan fingerprint density at radius 3 is 1.37 bits per heavy atom. The average molecular weight is 1080 g/mol. The molecule has 4 saturated heterocycles. The van der Waals surface area contributed by atoms with Crippen molar-refractivity contribution in [2.24, 2.45) is 0 Å². The monoisotopic (exact) mass is 1080 g/mol. The van der Waals surface area contributed by atoms with E-state index in [-0.39, 0.29) is 22.8 Å². The molecule has 4 fully saturated rings. The van der Waals surface area contributed by atoms with E-state index in [0.717, 1.165) is 18.2 Å². The van der Waals surface area contributed by atoms with Gasteiger partial charge in [-0.2, -0.15) is 0 Å². The van der Waals surface area contributed by atoms with Gasteiger partial charge in [-0.25, -0.2) is 4.79 Å². The van der Waals surface area contributed by atoms with Crippen LogP contribution in [0.15, 0.2) is 76.0 Å². The van der Waals surface area contributed by atoms with Crippen LogP contribution in [0.1, 0.15) is 5.56 Å². The zero-order chi connectivity index (χ0) is 54.9. The summed E-state index contributed by atoms with van der Waals surface area (Å²) in [7, 11) is 0. The summed E-state index contributed by atoms with van der Waals surface area (Å²) in [4.78, 5) is 27.3. The second-order valence-electron chi connectivity index (χ2n) is 18.0. The maximum absolute atomic E-state index is 14.5. The lowest BCUT2D eigenvalue weighted by molar-refractivity contribution is -0.278. The van der Waals surface area contributed by atoms with Crippen molar-refractivity contribution in [2.45, 2.75) is 123 Å². The van der Waals surface area contributed by atoms with Crippen LogP contribution < -0.4 is 24.4 Å². The molecule has 20 atom stereocenters. The SMILES string of the molecule is O=C(C=Cc1ccc(O[C@@H]2OC(CO)[C@@H](O)C(O)C2O)cc1)OCC1O[C@@H](Oc2c(-c3ccc(O[C@@H]4OC(CO)[C@@H](O)C(O)C4O)cc3)oc3cc(O[C@@H]4OC(CO)[C@@H](O)C(O)[C@@H]4O)cc(O)c3c2=O)C(O)C(O)[C@@H]1O. The number of aliphatic hydroxyl groups is 15. The van der Waals surface area contributed by atoms with Crippen molar-refractivity contribution < 1.29 is 134 Å². The van der Waals surface area contributed by atoms with Gasteiger partial charge in [-0.05, 0) is 48.0 Å². The largest absolute Gasteiger partial charge is 0.507 e. The summed E-state index contributed by atoms with van der Waals surface area (Å²) in [5.74, 6) is -3.32. The van der Waals surface area contributed by atoms with E-state index >= 15 is 0 Å². The van der Waals surface area contributed by atoms with E-state index in [9.17, 15) is 91.3 Å². The van der Waals surface area contributed by atoms with E-state index in [2.05, 4.69) is 0 Å². The second-order valence-corrected chi connectivity index (χ2v) is 18.0. The third-order valence-electron chi connectivity index (χ3n) is 12.9. The van der Waals surface area contributed by atoms with Gasteiger partial charge in [0.1, 0.15) is 138 Å². The summed E-state index contributed by atoms with van der Waals surface area (Å²) in [5.41, 5.74) is -1.17. The number of phenolic OH excluding ortho intramolecular Hbond substituents is 1. The van der Waals surface area contributed by atoms with Crippen molar-refractivity contribution in [3.63, 3.8) is 0 Å². The summed E-state index contributed by atoms with van der Waals surface area (Å²) in [6, 6.07) is 12.9. The van der Waals surface area contributed by atoms with Crippen LogP contribution in [0.5, 0.6) is 28.7 Å². The fraction of sp³-hybridized carbons (Fsp3) is 0.500. The minimum atomic E-state index is -2.12. The molecule has 16 N–H and O–H groups in total. The summed E-state index contributed by atoms with van der Waals surface area (Å²) < 4.78 is 56.1. The Bertz CT molecular complexity index is 2680. The van der Waals surface area contributed by atoms with Gasteiger partial charge in [0.05, 0.1) is 19.8 Å². The summed E-state index contributed by atoms with van der Waals surface area (Å²) >= 11 is 0. The average Bonchev–Trinajstić information content (AvgIpc) is 3.43. The molecule has 0 aliphatic carbocycles. The zero-order valence-electron chi connectivity index (χ0n) is 39.4. The second kappa shape index (κ2) is 23.9. The highest BCUT2D eigenvalue weighted by Crippen LogP contribution is 2.39. The molecule has 4 aliphatic rings. The van der Waals surface area contributed by atoms with Crippen LogP contribution in [0.25, 0.3) is 28.4 Å². The van der Waals surface area contributed by atoms with Crippen LogP contribution in [0.2, 0.25) is 0 Å². The minimum Gasteiger partial charge on any atom is -0.507 e. The molecule has 416 valence electrons. The maximum atomic E-state index is 14.5. The van der Waals surface area contributed by atoms with E-state index in [1.165, 1.54) is 54.6 Å². The highest BCUT2D eigenvalue weighted by molar-refractivity contribution is 5.88. The van der Waals surface area contributed by atoms with Gasteiger partial charge in [0, 0.05) is 23.8 Å². The lowest BCUT2D eigenvalue weighted by Crippen LogP contribution is -2.60. The van der Waals surface area contributed by atoms with Crippen LogP contribution >= 0.6 is 0 Å². The quantitative estimate of drug-likeness (QED) is 0.0367. The van der Waals surface area contributed by atoms with Gasteiger partial charge < -0.3 is 129 Å². The molecule has 0 amide bonds. The van der Waals surface area contributed by atoms with Gasteiger partial charge in [-0.3, -0.25) is 4.79 Å². The topological polar surface area (TPSA) is 454 Å². The molecule has 0 saturated carbocycles. The summed E-state index contributed by atoms with van der Waals surface area (Å²) in [5, 5.41) is 165. The lowest BCUT2D eigenvalue weighted by atomic mass is 9.99. The van der Waals surface area contributed by atoms with E-state index in [4.69, 9.17) is 47.0 Å². The fourth-order valence-corrected chi connectivity index (χ4v) is 8.51. The van der Waals surface area contributed by atoms with Gasteiger partial charge in [0.25, 0.3) is 0 Å². The first kappa shape index (κ1) is 56.5. The number of hydrogen-bond donors (Lipinski definition) is 16. The Morgan fingerprint density at radius 2 is 0.908 bits per heavy atom. The van der Waals surface area contributed by atoms with Gasteiger partial charge in [-0.15, -0.1) is 0 Å². The smallest absolute Gasteiger partial charge is 0.330 e. The van der Waals surface area contributed by atoms with Crippen molar-refractivity contribution in [1.82, 2.24) is 0 Å². The Hall–Kier alpha value is -5.68. The third kappa shape index (κ3) is 11.8. The predicted molar refractivity (Wildman–Crippen MR) is 247 cm³/mol. The van der Waals surface area contributed by atoms with Crippen LogP contribution in [-0.2, 0) is 28.5 Å². The van der Waals surface area contributed by atoms with Gasteiger partial charge >= 0.3 is 5.97 Å². The fourth-order valence-electron chi connectivity index (χ4n) is 8.51. The van der Waals surface area contributed by atoms with E-state index in [1.54, 1.807) is 0 Å². The third-order valence-corrected chi connectivity index (χ3v) is 12.9. The first-order chi connectivity index (χ1) is 36.2. The molecule has 4 aromatic rings. The molecule has 0 bridgehead atoms. The molecule has 1 aromatic heterocycles. The van der Waals surface area contributed by atoms with Crippen LogP contribution in [0.4, 0.5) is 0 Å². The molecule has 0 radical (unpaired) electrons. The molecule has 8 rings (SSSR count). The molecule has 28 nitrogen and oxygen atoms in total. The van der Waals surface area contributed by atoms with Gasteiger partial charge in [-0.1, -0.05) is 12.1 Å². The number of phenols is 1. The van der Waals surface area contributed by atoms with Crippen molar-refractivity contribution in [1.29, 1.82) is 0 Å². The van der Waals surface area contributed by atoms with Gasteiger partial charge in [0.15, 0.2) is 5.76 Å². The molecular formula is C48H56O28. The number of carbonyl (C=O) groups excluding carboxylic acids is 1. The highest BCUT2D eigenvalue weighted by Gasteiger charge is 2.49. The molecule has 11 unspecified atom stereocenters. The predicted octanol–water partition coefficient (Wildman–Crippen LogP) is -5.86.